The Labute approximate surface area is 197 Å². The van der Waals surface area contributed by atoms with Crippen molar-refractivity contribution >= 4 is 17.5 Å². The molecule has 4 rings (SSSR count). The number of hydrogen-bond acceptors (Lipinski definition) is 3. The van der Waals surface area contributed by atoms with Gasteiger partial charge in [-0.25, -0.2) is 9.07 Å². The van der Waals surface area contributed by atoms with Crippen molar-refractivity contribution in [1.29, 1.82) is 0 Å². The van der Waals surface area contributed by atoms with Crippen LogP contribution in [-0.2, 0) is 4.79 Å². The van der Waals surface area contributed by atoms with Crippen LogP contribution in [0.2, 0.25) is 0 Å². The summed E-state index contributed by atoms with van der Waals surface area (Å²) in [7, 11) is 0. The predicted octanol–water partition coefficient (Wildman–Crippen LogP) is 4.97. The van der Waals surface area contributed by atoms with Gasteiger partial charge >= 0.3 is 0 Å². The van der Waals surface area contributed by atoms with Gasteiger partial charge in [0.15, 0.2) is 0 Å². The van der Waals surface area contributed by atoms with Gasteiger partial charge < -0.3 is 10.6 Å². The Hall–Kier alpha value is -4.26. The van der Waals surface area contributed by atoms with Gasteiger partial charge in [0.25, 0.3) is 5.91 Å². The van der Waals surface area contributed by atoms with E-state index < -0.39 is 5.91 Å². The van der Waals surface area contributed by atoms with Crippen LogP contribution < -0.4 is 10.6 Å². The summed E-state index contributed by atoms with van der Waals surface area (Å²) >= 11 is 0. The number of nitrogens with one attached hydrogen (secondary N) is 2. The fourth-order valence-corrected chi connectivity index (χ4v) is 3.64. The first kappa shape index (κ1) is 22.9. The first-order valence-electron chi connectivity index (χ1n) is 10.9. The highest BCUT2D eigenvalue weighted by Gasteiger charge is 2.19. The lowest BCUT2D eigenvalue weighted by molar-refractivity contribution is -0.115. The summed E-state index contributed by atoms with van der Waals surface area (Å²) in [5, 5.41) is 10.1. The minimum absolute atomic E-state index is 0.193. The van der Waals surface area contributed by atoms with E-state index >= 15 is 0 Å². The third-order valence-corrected chi connectivity index (χ3v) is 5.53. The average Bonchev–Trinajstić information content (AvgIpc) is 3.26. The van der Waals surface area contributed by atoms with Gasteiger partial charge in [0.05, 0.1) is 17.8 Å². The molecule has 7 heteroatoms. The third-order valence-electron chi connectivity index (χ3n) is 5.53. The molecule has 1 heterocycles. The third kappa shape index (κ3) is 5.04. The molecule has 0 aliphatic rings. The highest BCUT2D eigenvalue weighted by Crippen LogP contribution is 2.24. The van der Waals surface area contributed by atoms with Crippen LogP contribution in [0, 0.1) is 26.6 Å². The molecule has 4 aromatic rings. The van der Waals surface area contributed by atoms with E-state index in [1.807, 2.05) is 63.2 Å². The number of rotatable bonds is 6. The lowest BCUT2D eigenvalue weighted by Gasteiger charge is -2.12. The van der Waals surface area contributed by atoms with Crippen LogP contribution in [0.15, 0.2) is 72.9 Å². The van der Waals surface area contributed by atoms with Crippen LogP contribution in [0.25, 0.3) is 16.9 Å². The first-order valence-corrected chi connectivity index (χ1v) is 10.9. The molecule has 1 aromatic heterocycles. The predicted molar refractivity (Wildman–Crippen MR) is 131 cm³/mol. The van der Waals surface area contributed by atoms with Crippen molar-refractivity contribution in [2.45, 2.75) is 20.8 Å². The maximum atomic E-state index is 13.4. The number of anilines is 1. The Morgan fingerprint density at radius 3 is 2.21 bits per heavy atom. The summed E-state index contributed by atoms with van der Waals surface area (Å²) < 4.78 is 14.9. The van der Waals surface area contributed by atoms with Crippen molar-refractivity contribution in [2.75, 3.05) is 11.9 Å². The van der Waals surface area contributed by atoms with Gasteiger partial charge in [0.2, 0.25) is 5.91 Å². The molecule has 0 radical (unpaired) electrons. The van der Waals surface area contributed by atoms with Gasteiger partial charge in [-0.05, 0) is 56.2 Å². The number of halogens is 1. The maximum absolute atomic E-state index is 13.4. The van der Waals surface area contributed by atoms with Gasteiger partial charge in [0.1, 0.15) is 11.5 Å². The molecule has 0 bridgehead atoms. The van der Waals surface area contributed by atoms with Gasteiger partial charge in [-0.3, -0.25) is 9.59 Å². The minimum atomic E-state index is -0.430. The number of carbonyl (C=O) groups is 2. The van der Waals surface area contributed by atoms with E-state index in [2.05, 4.69) is 15.7 Å². The molecule has 2 N–H and O–H groups in total. The topological polar surface area (TPSA) is 76.0 Å². The van der Waals surface area contributed by atoms with E-state index in [9.17, 15) is 14.0 Å². The van der Waals surface area contributed by atoms with Crippen molar-refractivity contribution in [3.63, 3.8) is 0 Å². The Morgan fingerprint density at radius 1 is 0.912 bits per heavy atom. The van der Waals surface area contributed by atoms with Crippen molar-refractivity contribution in [3.8, 4) is 16.9 Å². The largest absolute Gasteiger partial charge is 0.343 e. The Bertz CT molecular complexity index is 1320. The molecule has 2 amide bonds. The molecule has 0 saturated carbocycles. The number of hydrogen-bond donors (Lipinski definition) is 2. The van der Waals surface area contributed by atoms with Crippen molar-refractivity contribution in [3.05, 3.63) is 101 Å². The number of amides is 2. The van der Waals surface area contributed by atoms with E-state index in [1.54, 1.807) is 18.3 Å². The van der Waals surface area contributed by atoms with Crippen LogP contribution in [0.4, 0.5) is 10.1 Å². The SMILES string of the molecule is Cc1ccc(-c2nn(-c3ccc(F)cc3)cc2C(=O)NCC(=O)Nc2c(C)cccc2C)cc1. The van der Waals surface area contributed by atoms with Crippen molar-refractivity contribution in [2.24, 2.45) is 0 Å². The first-order chi connectivity index (χ1) is 16.3. The molecule has 0 aliphatic carbocycles. The zero-order chi connectivity index (χ0) is 24.2. The number of para-hydroxylation sites is 1. The van der Waals surface area contributed by atoms with E-state index in [1.165, 1.54) is 16.8 Å². The maximum Gasteiger partial charge on any atom is 0.255 e. The molecule has 0 atom stereocenters. The number of benzene rings is 3. The smallest absolute Gasteiger partial charge is 0.255 e. The molecule has 6 nitrogen and oxygen atoms in total. The lowest BCUT2D eigenvalue weighted by Crippen LogP contribution is -2.33. The number of aromatic nitrogens is 2. The van der Waals surface area contributed by atoms with E-state index in [-0.39, 0.29) is 18.3 Å². The van der Waals surface area contributed by atoms with E-state index in [0.29, 0.717) is 16.9 Å². The van der Waals surface area contributed by atoms with Crippen LogP contribution >= 0.6 is 0 Å². The van der Waals surface area contributed by atoms with E-state index in [4.69, 9.17) is 0 Å². The fourth-order valence-electron chi connectivity index (χ4n) is 3.64. The van der Waals surface area contributed by atoms with Gasteiger partial charge in [-0.2, -0.15) is 5.10 Å². The van der Waals surface area contributed by atoms with Gasteiger partial charge in [0, 0.05) is 17.4 Å². The number of nitrogens with zero attached hydrogens (tertiary/aromatic N) is 2. The van der Waals surface area contributed by atoms with Crippen molar-refractivity contribution in [1.82, 2.24) is 15.1 Å². The molecule has 172 valence electrons. The van der Waals surface area contributed by atoms with Gasteiger partial charge in [-0.15, -0.1) is 0 Å². The highest BCUT2D eigenvalue weighted by molar-refractivity contribution is 6.03. The summed E-state index contributed by atoms with van der Waals surface area (Å²) in [6, 6.07) is 19.2. The van der Waals surface area contributed by atoms with E-state index in [0.717, 1.165) is 27.9 Å². The molecule has 34 heavy (non-hydrogen) atoms. The molecular formula is C27H25FN4O2. The zero-order valence-electron chi connectivity index (χ0n) is 19.2. The second-order valence-electron chi connectivity index (χ2n) is 8.18. The lowest BCUT2D eigenvalue weighted by atomic mass is 10.1. The molecule has 0 unspecified atom stereocenters. The Balaban J connectivity index is 1.57. The Kier molecular flexibility index (Phi) is 6.54. The Morgan fingerprint density at radius 2 is 1.56 bits per heavy atom. The molecule has 0 saturated heterocycles. The summed E-state index contributed by atoms with van der Waals surface area (Å²) in [5.74, 6) is -1.11. The summed E-state index contributed by atoms with van der Waals surface area (Å²) in [5.41, 5.74) is 5.87. The summed E-state index contributed by atoms with van der Waals surface area (Å²) in [4.78, 5) is 25.6. The van der Waals surface area contributed by atoms with Crippen LogP contribution in [-0.4, -0.2) is 28.1 Å². The van der Waals surface area contributed by atoms with Crippen LogP contribution in [0.5, 0.6) is 0 Å². The highest BCUT2D eigenvalue weighted by atomic mass is 19.1. The van der Waals surface area contributed by atoms with Crippen molar-refractivity contribution < 1.29 is 14.0 Å². The summed E-state index contributed by atoms with van der Waals surface area (Å²) in [6.45, 7) is 5.61. The molecule has 0 spiro atoms. The minimum Gasteiger partial charge on any atom is -0.343 e. The zero-order valence-corrected chi connectivity index (χ0v) is 19.2. The fraction of sp³-hybridized carbons (Fsp3) is 0.148. The quantitative estimate of drug-likeness (QED) is 0.430. The molecule has 3 aromatic carbocycles. The molecular weight excluding hydrogens is 431 g/mol. The van der Waals surface area contributed by atoms with Gasteiger partial charge in [-0.1, -0.05) is 48.0 Å². The number of carbonyl (C=O) groups excluding carboxylic acids is 2. The average molecular weight is 457 g/mol. The standard InChI is InChI=1S/C27H25FN4O2/c1-17-7-9-20(10-8-17)26-23(16-32(31-26)22-13-11-21(28)12-14-22)27(34)29-15-24(33)30-25-18(2)5-4-6-19(25)3/h4-14,16H,15H2,1-3H3,(H,29,34)(H,30,33). The normalized spacial score (nSPS) is 10.7. The second-order valence-corrected chi connectivity index (χ2v) is 8.18. The second kappa shape index (κ2) is 9.70. The molecule has 0 aliphatic heterocycles. The van der Waals surface area contributed by atoms with Crippen LogP contribution in [0.3, 0.4) is 0 Å². The van der Waals surface area contributed by atoms with Crippen LogP contribution in [0.1, 0.15) is 27.0 Å². The monoisotopic (exact) mass is 456 g/mol. The number of aryl methyl sites for hydroxylation is 3. The molecule has 0 fully saturated rings. The summed E-state index contributed by atoms with van der Waals surface area (Å²) in [6.07, 6.45) is 1.58.